The Balaban J connectivity index is 0.00000924. The number of quaternary nitrogens is 2. The Morgan fingerprint density at radius 1 is 0.409 bits per heavy atom. The van der Waals surface area contributed by atoms with Crippen LogP contribution in [-0.4, -0.2) is 76.5 Å². The summed E-state index contributed by atoms with van der Waals surface area (Å²) in [6.45, 7) is 11.0. The number of hydrogen-bond acceptors (Lipinski definition) is 2. The molecule has 0 bridgehead atoms. The van der Waals surface area contributed by atoms with Gasteiger partial charge in [-0.25, -0.2) is 0 Å². The van der Waals surface area contributed by atoms with Crippen LogP contribution in [0.15, 0.2) is 48.5 Å². The van der Waals surface area contributed by atoms with Crippen molar-refractivity contribution in [2.24, 2.45) is 0 Å². The largest absolute Gasteiger partial charge is 1.00 e. The van der Waals surface area contributed by atoms with E-state index in [2.05, 4.69) is 90.6 Å². The molecule has 0 aromatic heterocycles. The van der Waals surface area contributed by atoms with Crippen molar-refractivity contribution in [1.82, 2.24) is 0 Å². The summed E-state index contributed by atoms with van der Waals surface area (Å²) in [6.07, 6.45) is 18.6. The molecule has 2 aromatic carbocycles. The van der Waals surface area contributed by atoms with Crippen LogP contribution in [0.5, 0.6) is 11.5 Å². The van der Waals surface area contributed by atoms with Gasteiger partial charge in [-0.1, -0.05) is 89.5 Å². The molecule has 0 aliphatic carbocycles. The molecular formula is C38H66Br2N2O2. The standard InChI is InChI=1S/C38H66N2O2.2BrH/c1-7-9-11-13-15-17-29-39(3,4)31-19-33-41-37-25-21-35(22-26-37)36-23-27-38(28-24-36)42-34-20-32-40(5,6)30-18-16-14-12-10-8-2;;/h21-28H,7-20,29-34H2,1-6H3;2*1H/q+2;;/p-2. The summed E-state index contributed by atoms with van der Waals surface area (Å²) in [7, 11) is 9.43. The Hall–Kier alpha value is -1.08. The van der Waals surface area contributed by atoms with Crippen LogP contribution in [0.25, 0.3) is 11.1 Å². The Bertz CT molecular complexity index is 855. The summed E-state index contributed by atoms with van der Waals surface area (Å²) in [6, 6.07) is 17.0. The quantitative estimate of drug-likeness (QED) is 0.114. The van der Waals surface area contributed by atoms with Crippen LogP contribution >= 0.6 is 0 Å². The second kappa shape index (κ2) is 25.1. The smallest absolute Gasteiger partial charge is 0.119 e. The van der Waals surface area contributed by atoms with E-state index in [-0.39, 0.29) is 34.0 Å². The lowest BCUT2D eigenvalue weighted by Gasteiger charge is -2.30. The maximum absolute atomic E-state index is 6.07. The number of benzene rings is 2. The molecule has 6 heteroatoms. The minimum absolute atomic E-state index is 0. The highest BCUT2D eigenvalue weighted by Gasteiger charge is 2.15. The zero-order valence-corrected chi connectivity index (χ0v) is 32.4. The van der Waals surface area contributed by atoms with Gasteiger partial charge in [0.2, 0.25) is 0 Å². The molecule has 0 spiro atoms. The topological polar surface area (TPSA) is 18.5 Å². The maximum atomic E-state index is 6.07. The van der Waals surface area contributed by atoms with E-state index >= 15 is 0 Å². The molecule has 0 saturated carbocycles. The fraction of sp³-hybridized carbons (Fsp3) is 0.684. The second-order valence-electron chi connectivity index (χ2n) is 13.8. The third kappa shape index (κ3) is 20.1. The summed E-state index contributed by atoms with van der Waals surface area (Å²) in [5.41, 5.74) is 2.42. The fourth-order valence-electron chi connectivity index (χ4n) is 5.72. The molecule has 0 unspecified atom stereocenters. The van der Waals surface area contributed by atoms with Crippen molar-refractivity contribution in [3.8, 4) is 22.6 Å². The van der Waals surface area contributed by atoms with Crippen molar-refractivity contribution in [1.29, 1.82) is 0 Å². The highest BCUT2D eigenvalue weighted by atomic mass is 79.9. The molecule has 0 amide bonds. The van der Waals surface area contributed by atoms with Gasteiger partial charge in [0.05, 0.1) is 67.6 Å². The van der Waals surface area contributed by atoms with Crippen LogP contribution in [0.4, 0.5) is 0 Å². The molecule has 2 aromatic rings. The van der Waals surface area contributed by atoms with Crippen LogP contribution in [-0.2, 0) is 0 Å². The highest BCUT2D eigenvalue weighted by molar-refractivity contribution is 5.64. The van der Waals surface area contributed by atoms with Crippen molar-refractivity contribution >= 4 is 0 Å². The first kappa shape index (κ1) is 42.9. The summed E-state index contributed by atoms with van der Waals surface area (Å²) in [5, 5.41) is 0. The van der Waals surface area contributed by atoms with Crippen LogP contribution in [0.2, 0.25) is 0 Å². The third-order valence-corrected chi connectivity index (χ3v) is 8.63. The van der Waals surface area contributed by atoms with Gasteiger partial charge in [-0.05, 0) is 61.1 Å². The van der Waals surface area contributed by atoms with Gasteiger partial charge in [0.1, 0.15) is 11.5 Å². The van der Waals surface area contributed by atoms with Gasteiger partial charge in [0.25, 0.3) is 0 Å². The Kier molecular flexibility index (Phi) is 24.4. The molecule has 44 heavy (non-hydrogen) atoms. The number of halogens is 2. The molecule has 0 heterocycles. The molecular weight excluding hydrogens is 676 g/mol. The summed E-state index contributed by atoms with van der Waals surface area (Å²) in [4.78, 5) is 0. The first-order valence-corrected chi connectivity index (χ1v) is 17.3. The monoisotopic (exact) mass is 740 g/mol. The summed E-state index contributed by atoms with van der Waals surface area (Å²) >= 11 is 0. The van der Waals surface area contributed by atoms with Crippen LogP contribution in [0.3, 0.4) is 0 Å². The zero-order chi connectivity index (χ0) is 30.5. The third-order valence-electron chi connectivity index (χ3n) is 8.63. The molecule has 4 nitrogen and oxygen atoms in total. The van der Waals surface area contributed by atoms with E-state index in [1.165, 1.54) is 101 Å². The van der Waals surface area contributed by atoms with Gasteiger partial charge in [-0.3, -0.25) is 0 Å². The SMILES string of the molecule is CCCCCCCC[N+](C)(C)CCCOc1ccc(-c2ccc(OCCC[N+](C)(C)CCCCCCCC)cc2)cc1.[Br-].[Br-]. The molecule has 254 valence electrons. The van der Waals surface area contributed by atoms with Gasteiger partial charge >= 0.3 is 0 Å². The number of hydrogen-bond donors (Lipinski definition) is 0. The molecule has 0 fully saturated rings. The lowest BCUT2D eigenvalue weighted by Crippen LogP contribution is -3.00. The molecule has 0 atom stereocenters. The summed E-state index contributed by atoms with van der Waals surface area (Å²) < 4.78 is 14.3. The van der Waals surface area contributed by atoms with Gasteiger partial charge in [-0.15, -0.1) is 0 Å². The van der Waals surface area contributed by atoms with E-state index in [0.29, 0.717) is 0 Å². The van der Waals surface area contributed by atoms with Gasteiger partial charge in [-0.2, -0.15) is 0 Å². The van der Waals surface area contributed by atoms with Crippen molar-refractivity contribution in [3.05, 3.63) is 48.5 Å². The van der Waals surface area contributed by atoms with Crippen molar-refractivity contribution in [3.63, 3.8) is 0 Å². The predicted octanol–water partition coefficient (Wildman–Crippen LogP) is 3.77. The van der Waals surface area contributed by atoms with Crippen molar-refractivity contribution in [2.75, 3.05) is 67.6 Å². The minimum atomic E-state index is 0. The minimum Gasteiger partial charge on any atom is -1.00 e. The Labute approximate surface area is 293 Å². The molecule has 0 radical (unpaired) electrons. The van der Waals surface area contributed by atoms with Crippen molar-refractivity contribution in [2.45, 2.75) is 104 Å². The number of unbranched alkanes of at least 4 members (excludes halogenated alkanes) is 10. The fourth-order valence-corrected chi connectivity index (χ4v) is 5.72. The van der Waals surface area contributed by atoms with E-state index < -0.39 is 0 Å². The highest BCUT2D eigenvalue weighted by Crippen LogP contribution is 2.25. The lowest BCUT2D eigenvalue weighted by atomic mass is 10.1. The Morgan fingerprint density at radius 2 is 0.705 bits per heavy atom. The predicted molar refractivity (Wildman–Crippen MR) is 183 cm³/mol. The normalized spacial score (nSPS) is 11.5. The summed E-state index contributed by atoms with van der Waals surface area (Å²) in [5.74, 6) is 1.91. The van der Waals surface area contributed by atoms with Gasteiger partial charge in [0.15, 0.2) is 0 Å². The zero-order valence-electron chi connectivity index (χ0n) is 29.2. The van der Waals surface area contributed by atoms with Crippen molar-refractivity contribution < 1.29 is 52.4 Å². The molecule has 0 aliphatic rings. The van der Waals surface area contributed by atoms with E-state index in [1.54, 1.807) is 0 Å². The van der Waals surface area contributed by atoms with E-state index in [4.69, 9.17) is 9.47 Å². The molecule has 2 rings (SSSR count). The average molecular weight is 743 g/mol. The lowest BCUT2D eigenvalue weighted by molar-refractivity contribution is -0.890. The van der Waals surface area contributed by atoms with Crippen LogP contribution in [0, 0.1) is 0 Å². The van der Waals surface area contributed by atoms with Crippen LogP contribution in [0.1, 0.15) is 104 Å². The molecule has 0 aliphatic heterocycles. The molecule has 0 N–H and O–H groups in total. The number of nitrogens with zero attached hydrogens (tertiary/aromatic N) is 2. The van der Waals surface area contributed by atoms with E-state index in [1.807, 2.05) is 0 Å². The Morgan fingerprint density at radius 3 is 1.05 bits per heavy atom. The van der Waals surface area contributed by atoms with Gasteiger partial charge < -0.3 is 52.4 Å². The second-order valence-corrected chi connectivity index (χ2v) is 13.8. The maximum Gasteiger partial charge on any atom is 0.119 e. The number of rotatable bonds is 25. The van der Waals surface area contributed by atoms with E-state index in [0.717, 1.165) is 59.6 Å². The first-order valence-electron chi connectivity index (χ1n) is 17.3. The number of ether oxygens (including phenoxy) is 2. The van der Waals surface area contributed by atoms with Gasteiger partial charge in [0, 0.05) is 12.8 Å². The molecule has 0 saturated heterocycles. The van der Waals surface area contributed by atoms with Crippen LogP contribution < -0.4 is 43.4 Å². The average Bonchev–Trinajstić information content (AvgIpc) is 2.98. The first-order chi connectivity index (χ1) is 20.2. The van der Waals surface area contributed by atoms with E-state index in [9.17, 15) is 0 Å².